The molecule has 1 N–H and O–H groups in total. The Morgan fingerprint density at radius 3 is 2.42 bits per heavy atom. The molecule has 4 rings (SSSR count). The molecule has 0 fully saturated rings. The molecule has 182 valence electrons. The number of furan rings is 1. The molecule has 0 radical (unpaired) electrons. The molecule has 3 amide bonds. The van der Waals surface area contributed by atoms with Crippen LogP contribution >= 0.6 is 0 Å². The third-order valence-electron chi connectivity index (χ3n) is 5.61. The van der Waals surface area contributed by atoms with Crippen LogP contribution in [-0.2, 0) is 9.53 Å². The number of fused-ring (bicyclic) bond motifs is 1. The third-order valence-corrected chi connectivity index (χ3v) is 5.61. The van der Waals surface area contributed by atoms with E-state index < -0.39 is 30.3 Å². The second-order valence-corrected chi connectivity index (χ2v) is 7.86. The molecule has 0 saturated heterocycles. The molecular formula is C26H21N3O7. The van der Waals surface area contributed by atoms with E-state index in [0.717, 1.165) is 4.90 Å². The van der Waals surface area contributed by atoms with Crippen molar-refractivity contribution in [2.75, 3.05) is 23.4 Å². The van der Waals surface area contributed by atoms with Crippen molar-refractivity contribution in [3.05, 3.63) is 76.0 Å². The van der Waals surface area contributed by atoms with Crippen molar-refractivity contribution in [2.45, 2.75) is 20.8 Å². The van der Waals surface area contributed by atoms with Crippen molar-refractivity contribution in [1.29, 1.82) is 5.26 Å². The van der Waals surface area contributed by atoms with Crippen molar-refractivity contribution in [1.82, 2.24) is 0 Å². The highest BCUT2D eigenvalue weighted by atomic mass is 16.5. The Morgan fingerprint density at radius 2 is 1.75 bits per heavy atom. The fraction of sp³-hybridized carbons (Fsp3) is 0.192. The number of carbonyl (C=O) groups is 4. The number of esters is 1. The summed E-state index contributed by atoms with van der Waals surface area (Å²) in [5.41, 5.74) is 1.35. The van der Waals surface area contributed by atoms with Gasteiger partial charge in [-0.1, -0.05) is 0 Å². The number of nitriles is 1. The second kappa shape index (κ2) is 9.76. The molecule has 10 nitrogen and oxygen atoms in total. The van der Waals surface area contributed by atoms with Crippen molar-refractivity contribution in [3.63, 3.8) is 0 Å². The van der Waals surface area contributed by atoms with E-state index in [1.807, 2.05) is 13.0 Å². The first-order chi connectivity index (χ1) is 17.2. The van der Waals surface area contributed by atoms with E-state index >= 15 is 0 Å². The lowest BCUT2D eigenvalue weighted by Gasteiger charge is -2.14. The lowest BCUT2D eigenvalue weighted by Crippen LogP contribution is -2.29. The fourth-order valence-electron chi connectivity index (χ4n) is 3.69. The summed E-state index contributed by atoms with van der Waals surface area (Å²) < 4.78 is 15.8. The zero-order chi connectivity index (χ0) is 26.0. The van der Waals surface area contributed by atoms with Crippen LogP contribution in [-0.4, -0.2) is 36.9 Å². The van der Waals surface area contributed by atoms with Crippen molar-refractivity contribution in [3.8, 4) is 11.8 Å². The van der Waals surface area contributed by atoms with Crippen LogP contribution in [0.1, 0.15) is 54.9 Å². The van der Waals surface area contributed by atoms with Gasteiger partial charge >= 0.3 is 5.97 Å². The number of anilines is 2. The van der Waals surface area contributed by atoms with Gasteiger partial charge in [-0.25, -0.2) is 9.69 Å². The van der Waals surface area contributed by atoms with Gasteiger partial charge in [0.25, 0.3) is 17.7 Å². The molecule has 0 atom stereocenters. The van der Waals surface area contributed by atoms with Crippen LogP contribution in [0.2, 0.25) is 0 Å². The van der Waals surface area contributed by atoms with Gasteiger partial charge < -0.3 is 13.9 Å². The molecule has 0 saturated carbocycles. The number of aryl methyl sites for hydroxylation is 1. The molecule has 1 aliphatic heterocycles. The quantitative estimate of drug-likeness (QED) is 0.393. The molecule has 0 unspecified atom stereocenters. The average Bonchev–Trinajstić information content (AvgIpc) is 3.28. The highest BCUT2D eigenvalue weighted by Crippen LogP contribution is 2.30. The highest BCUT2D eigenvalue weighted by molar-refractivity contribution is 6.34. The van der Waals surface area contributed by atoms with E-state index in [1.165, 1.54) is 18.2 Å². The van der Waals surface area contributed by atoms with Crippen LogP contribution in [0, 0.1) is 25.2 Å². The number of nitrogens with one attached hydrogen (secondary N) is 1. The van der Waals surface area contributed by atoms with Crippen LogP contribution in [0.15, 0.2) is 46.9 Å². The number of imide groups is 1. The number of hydrogen-bond donors (Lipinski definition) is 1. The largest absolute Gasteiger partial charge is 0.494 e. The molecule has 2 aromatic carbocycles. The maximum Gasteiger partial charge on any atom is 0.338 e. The predicted octanol–water partition coefficient (Wildman–Crippen LogP) is 3.76. The summed E-state index contributed by atoms with van der Waals surface area (Å²) in [5.74, 6) is -1.61. The summed E-state index contributed by atoms with van der Waals surface area (Å²) in [6.07, 6.45) is 0. The number of rotatable bonds is 7. The Balaban J connectivity index is 1.44. The van der Waals surface area contributed by atoms with Gasteiger partial charge in [-0.3, -0.25) is 19.7 Å². The van der Waals surface area contributed by atoms with Gasteiger partial charge in [0.15, 0.2) is 6.61 Å². The minimum atomic E-state index is -0.861. The predicted molar refractivity (Wildman–Crippen MR) is 127 cm³/mol. The first-order valence-corrected chi connectivity index (χ1v) is 11.0. The highest BCUT2D eigenvalue weighted by Gasteiger charge is 2.37. The van der Waals surface area contributed by atoms with E-state index in [9.17, 15) is 24.4 Å². The maximum atomic E-state index is 13.0. The normalized spacial score (nSPS) is 12.2. The Morgan fingerprint density at radius 1 is 1.06 bits per heavy atom. The molecule has 1 aromatic heterocycles. The summed E-state index contributed by atoms with van der Waals surface area (Å²) in [6, 6.07) is 12.4. The number of benzene rings is 2. The van der Waals surface area contributed by atoms with Crippen molar-refractivity contribution < 1.29 is 33.1 Å². The summed E-state index contributed by atoms with van der Waals surface area (Å²) in [4.78, 5) is 51.6. The Hall–Kier alpha value is -4.91. The van der Waals surface area contributed by atoms with Gasteiger partial charge in [-0.2, -0.15) is 5.26 Å². The molecule has 3 aromatic rings. The molecule has 0 spiro atoms. The smallest absolute Gasteiger partial charge is 0.338 e. The molecule has 0 bridgehead atoms. The maximum absolute atomic E-state index is 13.0. The van der Waals surface area contributed by atoms with Gasteiger partial charge in [0, 0.05) is 5.56 Å². The molecule has 36 heavy (non-hydrogen) atoms. The molecule has 2 heterocycles. The monoisotopic (exact) mass is 487 g/mol. The van der Waals surface area contributed by atoms with E-state index in [0.29, 0.717) is 29.4 Å². The summed E-state index contributed by atoms with van der Waals surface area (Å²) in [7, 11) is 0. The molecular weight excluding hydrogens is 466 g/mol. The summed E-state index contributed by atoms with van der Waals surface area (Å²) in [6.45, 7) is 5.02. The summed E-state index contributed by atoms with van der Waals surface area (Å²) in [5, 5.41) is 11.6. The Labute approximate surface area is 206 Å². The standard InChI is InChI=1S/C26H21N3O7/c1-4-34-18-8-6-17(7-9-18)29-24(31)19-10-5-16(11-20(19)25(29)32)26(33)35-13-22(30)28-23-21(12-27)14(2)15(3)36-23/h5-11H,4,13H2,1-3H3,(H,28,30). The SMILES string of the molecule is CCOc1ccc(N2C(=O)c3ccc(C(=O)OCC(=O)Nc4oc(C)c(C)c4C#N)cc3C2=O)cc1. The van der Waals surface area contributed by atoms with Crippen molar-refractivity contribution >= 4 is 35.3 Å². The number of amides is 3. The van der Waals surface area contributed by atoms with E-state index in [4.69, 9.17) is 13.9 Å². The van der Waals surface area contributed by atoms with E-state index in [-0.39, 0.29) is 28.1 Å². The van der Waals surface area contributed by atoms with Crippen LogP contribution < -0.4 is 15.0 Å². The van der Waals surface area contributed by atoms with Crippen LogP contribution in [0.3, 0.4) is 0 Å². The van der Waals surface area contributed by atoms with E-state index in [1.54, 1.807) is 38.1 Å². The van der Waals surface area contributed by atoms with Crippen molar-refractivity contribution in [2.24, 2.45) is 0 Å². The number of carbonyl (C=O) groups excluding carboxylic acids is 4. The number of nitrogens with zero attached hydrogens (tertiary/aromatic N) is 2. The first kappa shape index (κ1) is 24.2. The van der Waals surface area contributed by atoms with Gasteiger partial charge in [0.05, 0.1) is 29.0 Å². The fourth-order valence-corrected chi connectivity index (χ4v) is 3.69. The van der Waals surface area contributed by atoms with Gasteiger partial charge in [-0.15, -0.1) is 0 Å². The van der Waals surface area contributed by atoms with Crippen LogP contribution in [0.4, 0.5) is 11.6 Å². The molecule has 10 heteroatoms. The third kappa shape index (κ3) is 4.42. The van der Waals surface area contributed by atoms with Crippen LogP contribution in [0.5, 0.6) is 5.75 Å². The van der Waals surface area contributed by atoms with Gasteiger partial charge in [0.2, 0.25) is 5.88 Å². The van der Waals surface area contributed by atoms with Gasteiger partial charge in [0.1, 0.15) is 23.1 Å². The topological polar surface area (TPSA) is 139 Å². The Kier molecular flexibility index (Phi) is 6.56. The summed E-state index contributed by atoms with van der Waals surface area (Å²) >= 11 is 0. The number of hydrogen-bond acceptors (Lipinski definition) is 8. The minimum Gasteiger partial charge on any atom is -0.494 e. The van der Waals surface area contributed by atoms with Gasteiger partial charge in [-0.05, 0) is 63.2 Å². The Bertz CT molecular complexity index is 1430. The zero-order valence-electron chi connectivity index (χ0n) is 19.7. The van der Waals surface area contributed by atoms with Crippen LogP contribution in [0.25, 0.3) is 0 Å². The average molecular weight is 487 g/mol. The van der Waals surface area contributed by atoms with E-state index in [2.05, 4.69) is 5.32 Å². The lowest BCUT2D eigenvalue weighted by atomic mass is 10.1. The first-order valence-electron chi connectivity index (χ1n) is 11.0. The number of ether oxygens (including phenoxy) is 2. The zero-order valence-corrected chi connectivity index (χ0v) is 19.7. The molecule has 0 aliphatic carbocycles. The second-order valence-electron chi connectivity index (χ2n) is 7.86. The molecule has 1 aliphatic rings. The lowest BCUT2D eigenvalue weighted by molar-refractivity contribution is -0.119. The minimum absolute atomic E-state index is 0.00125.